The van der Waals surface area contributed by atoms with Gasteiger partial charge in [-0.25, -0.2) is 13.1 Å². The van der Waals surface area contributed by atoms with Gasteiger partial charge in [0.15, 0.2) is 10.9 Å². The number of thiol groups is 1. The van der Waals surface area contributed by atoms with Crippen molar-refractivity contribution in [3.05, 3.63) is 22.0 Å². The summed E-state index contributed by atoms with van der Waals surface area (Å²) in [5, 5.41) is 14.3. The Bertz CT molecular complexity index is 608. The third-order valence-corrected chi connectivity index (χ3v) is 4.21. The molecule has 3 N–H and O–H groups in total. The van der Waals surface area contributed by atoms with E-state index in [1.54, 1.807) is 0 Å². The van der Waals surface area contributed by atoms with Gasteiger partial charge in [-0.1, -0.05) is 4.98 Å². The number of nitrogens with zero attached hydrogens (tertiary/aromatic N) is 5. The van der Waals surface area contributed by atoms with Gasteiger partial charge in [0, 0.05) is 39.1 Å². The van der Waals surface area contributed by atoms with Gasteiger partial charge in [-0.2, -0.15) is 10.2 Å². The fourth-order valence-corrected chi connectivity index (χ4v) is 2.78. The zero-order chi connectivity index (χ0) is 16.7. The first-order valence-electron chi connectivity index (χ1n) is 7.25. The highest BCUT2D eigenvalue weighted by molar-refractivity contribution is 7.69. The Kier molecular flexibility index (Phi) is 6.85. The topological polar surface area (TPSA) is 141 Å². The molecular formula is C11H21N7O4S. The Hall–Kier alpha value is -1.60. The lowest BCUT2D eigenvalue weighted by Crippen LogP contribution is -2.44. The quantitative estimate of drug-likeness (QED) is 0.300. The Balaban J connectivity index is 2.02. The summed E-state index contributed by atoms with van der Waals surface area (Å²) in [7, 11) is -2.28. The van der Waals surface area contributed by atoms with Gasteiger partial charge in [0.1, 0.15) is 11.9 Å². The SMILES string of the molecule is NO[SH](=O)=NCCn1c(CCN2CCNCC2)cnc1[N+](=O)[O-]. The van der Waals surface area contributed by atoms with Crippen LogP contribution in [0.15, 0.2) is 10.6 Å². The predicted octanol–water partition coefficient (Wildman–Crippen LogP) is -1.29. The molecule has 0 amide bonds. The van der Waals surface area contributed by atoms with Gasteiger partial charge in [-0.3, -0.25) is 0 Å². The molecule has 12 heteroatoms. The molecule has 130 valence electrons. The molecule has 1 atom stereocenters. The molecule has 0 radical (unpaired) electrons. The van der Waals surface area contributed by atoms with Crippen LogP contribution in [0.5, 0.6) is 0 Å². The molecule has 11 nitrogen and oxygen atoms in total. The van der Waals surface area contributed by atoms with Crippen molar-refractivity contribution in [1.29, 1.82) is 0 Å². The highest BCUT2D eigenvalue weighted by atomic mass is 32.2. The molecule has 1 saturated heterocycles. The number of rotatable bonds is 8. The van der Waals surface area contributed by atoms with Gasteiger partial charge in [0.2, 0.25) is 0 Å². The van der Waals surface area contributed by atoms with E-state index in [-0.39, 0.29) is 19.0 Å². The van der Waals surface area contributed by atoms with E-state index in [0.717, 1.165) is 38.4 Å². The summed E-state index contributed by atoms with van der Waals surface area (Å²) < 4.78 is 20.3. The number of hydrogen-bond donors (Lipinski definition) is 3. The molecule has 0 saturated carbocycles. The summed E-state index contributed by atoms with van der Waals surface area (Å²) >= 11 is 0. The number of piperazine rings is 1. The van der Waals surface area contributed by atoms with E-state index in [2.05, 4.69) is 23.8 Å². The fourth-order valence-electron chi connectivity index (χ4n) is 2.46. The van der Waals surface area contributed by atoms with Gasteiger partial charge in [0.25, 0.3) is 0 Å². The molecule has 0 bridgehead atoms. The lowest BCUT2D eigenvalue weighted by molar-refractivity contribution is -0.396. The highest BCUT2D eigenvalue weighted by Gasteiger charge is 2.21. The summed E-state index contributed by atoms with van der Waals surface area (Å²) in [5.74, 6) is 4.52. The number of imidazole rings is 1. The molecule has 1 aliphatic rings. The first kappa shape index (κ1) is 17.7. The second-order valence-electron chi connectivity index (χ2n) is 5.01. The second-order valence-corrected chi connectivity index (χ2v) is 5.98. The van der Waals surface area contributed by atoms with Crippen molar-refractivity contribution in [2.45, 2.75) is 13.0 Å². The monoisotopic (exact) mass is 347 g/mol. The summed E-state index contributed by atoms with van der Waals surface area (Å²) in [6, 6.07) is 0. The lowest BCUT2D eigenvalue weighted by Gasteiger charge is -2.26. The van der Waals surface area contributed by atoms with E-state index in [1.807, 2.05) is 0 Å². The smallest absolute Gasteiger partial charge is 0.390 e. The van der Waals surface area contributed by atoms with E-state index < -0.39 is 15.8 Å². The standard InChI is InChI=1S/C11H21N7O4S/c12-22-23(21)15-4-8-17-10(9-14-11(17)18(19)20)1-5-16-6-2-13-3-7-16/h9,13,23H,1-8,12H2. The molecule has 2 rings (SSSR count). The van der Waals surface area contributed by atoms with Crippen LogP contribution < -0.4 is 11.2 Å². The normalized spacial score (nSPS) is 17.4. The van der Waals surface area contributed by atoms with E-state index in [1.165, 1.54) is 10.8 Å². The van der Waals surface area contributed by atoms with Crippen molar-refractivity contribution < 1.29 is 13.4 Å². The minimum Gasteiger partial charge on any atom is -0.390 e. The molecule has 1 aromatic heterocycles. The molecule has 0 aromatic carbocycles. The van der Waals surface area contributed by atoms with Crippen molar-refractivity contribution in [3.63, 3.8) is 0 Å². The maximum Gasteiger partial charge on any atom is 0.434 e. The van der Waals surface area contributed by atoms with Crippen LogP contribution >= 0.6 is 0 Å². The van der Waals surface area contributed by atoms with E-state index in [4.69, 9.17) is 5.90 Å². The predicted molar refractivity (Wildman–Crippen MR) is 84.0 cm³/mol. The van der Waals surface area contributed by atoms with Gasteiger partial charge in [-0.15, -0.1) is 0 Å². The van der Waals surface area contributed by atoms with E-state index in [0.29, 0.717) is 6.42 Å². The van der Waals surface area contributed by atoms with Crippen LogP contribution in [-0.4, -0.2) is 62.9 Å². The number of hydrogen-bond acceptors (Lipinski definition) is 9. The van der Waals surface area contributed by atoms with Crippen LogP contribution in [0.25, 0.3) is 0 Å². The van der Waals surface area contributed by atoms with Gasteiger partial charge >= 0.3 is 5.95 Å². The van der Waals surface area contributed by atoms with Crippen LogP contribution in [0.3, 0.4) is 0 Å². The van der Waals surface area contributed by atoms with E-state index >= 15 is 0 Å². The Morgan fingerprint density at radius 3 is 2.87 bits per heavy atom. The molecule has 1 aromatic rings. The van der Waals surface area contributed by atoms with Crippen LogP contribution in [0.4, 0.5) is 5.95 Å². The molecule has 1 aliphatic heterocycles. The van der Waals surface area contributed by atoms with Crippen LogP contribution in [0.1, 0.15) is 5.69 Å². The molecule has 1 fully saturated rings. The molecule has 23 heavy (non-hydrogen) atoms. The minimum atomic E-state index is -2.28. The summed E-state index contributed by atoms with van der Waals surface area (Å²) in [6.45, 7) is 4.93. The highest BCUT2D eigenvalue weighted by Crippen LogP contribution is 2.14. The van der Waals surface area contributed by atoms with Crippen molar-refractivity contribution in [2.24, 2.45) is 10.3 Å². The largest absolute Gasteiger partial charge is 0.434 e. The summed E-state index contributed by atoms with van der Waals surface area (Å²) in [5.41, 5.74) is 0.759. The Labute approximate surface area is 135 Å². The van der Waals surface area contributed by atoms with Gasteiger partial charge < -0.3 is 20.3 Å². The maximum atomic E-state index is 11.1. The molecule has 0 spiro atoms. The number of nitrogens with two attached hydrogens (primary N) is 1. The van der Waals surface area contributed by atoms with Crippen molar-refractivity contribution >= 4 is 16.8 Å². The number of aromatic nitrogens is 2. The van der Waals surface area contributed by atoms with E-state index in [9.17, 15) is 14.3 Å². The Morgan fingerprint density at radius 2 is 2.22 bits per heavy atom. The third kappa shape index (κ3) is 5.21. The second kappa shape index (κ2) is 8.88. The lowest BCUT2D eigenvalue weighted by atomic mass is 10.2. The average molecular weight is 347 g/mol. The Morgan fingerprint density at radius 1 is 1.48 bits per heavy atom. The van der Waals surface area contributed by atoms with Crippen LogP contribution in [0, 0.1) is 10.1 Å². The molecular weight excluding hydrogens is 326 g/mol. The molecule has 2 heterocycles. The van der Waals surface area contributed by atoms with Gasteiger partial charge in [0.05, 0.1) is 13.1 Å². The van der Waals surface area contributed by atoms with Crippen molar-refractivity contribution in [2.75, 3.05) is 39.3 Å². The first-order chi connectivity index (χ1) is 11.1. The summed E-state index contributed by atoms with van der Waals surface area (Å²) in [4.78, 5) is 16.7. The zero-order valence-electron chi connectivity index (χ0n) is 12.6. The third-order valence-electron chi connectivity index (χ3n) is 3.60. The first-order valence-corrected chi connectivity index (χ1v) is 8.38. The average Bonchev–Trinajstić information content (AvgIpc) is 2.97. The van der Waals surface area contributed by atoms with Crippen molar-refractivity contribution in [1.82, 2.24) is 19.8 Å². The number of nitrogens with one attached hydrogen (secondary N) is 1. The van der Waals surface area contributed by atoms with Crippen LogP contribution in [0.2, 0.25) is 0 Å². The van der Waals surface area contributed by atoms with Crippen molar-refractivity contribution in [3.8, 4) is 0 Å². The molecule has 1 unspecified atom stereocenters. The maximum absolute atomic E-state index is 11.1. The zero-order valence-corrected chi connectivity index (χ0v) is 13.5. The fraction of sp³-hybridized carbons (Fsp3) is 0.727. The number of nitro groups is 1. The molecule has 0 aliphatic carbocycles. The minimum absolute atomic E-state index is 0.101. The van der Waals surface area contributed by atoms with Gasteiger partial charge in [-0.05, 0) is 4.92 Å². The van der Waals surface area contributed by atoms with Crippen LogP contribution in [-0.2, 0) is 28.1 Å². The summed E-state index contributed by atoms with van der Waals surface area (Å²) in [6.07, 6.45) is 2.17.